The number of methoxy groups -OCH3 is 1. The van der Waals surface area contributed by atoms with Crippen LogP contribution in [0.5, 0.6) is 5.75 Å². The Balaban J connectivity index is 1.79. The molecular weight excluding hydrogens is 268 g/mol. The Kier molecular flexibility index (Phi) is 3.56. The summed E-state index contributed by atoms with van der Waals surface area (Å²) in [6.07, 6.45) is 0. The summed E-state index contributed by atoms with van der Waals surface area (Å²) in [6.45, 7) is 2.13. The van der Waals surface area contributed by atoms with Crippen molar-refractivity contribution in [3.05, 3.63) is 53.5 Å². The molecule has 0 saturated heterocycles. The molecule has 1 unspecified atom stereocenters. The van der Waals surface area contributed by atoms with Gasteiger partial charge in [-0.2, -0.15) is 0 Å². The van der Waals surface area contributed by atoms with E-state index in [1.54, 1.807) is 18.4 Å². The monoisotopic (exact) mass is 284 g/mol. The number of nitrogens with zero attached hydrogens (tertiary/aromatic N) is 1. The lowest BCUT2D eigenvalue weighted by molar-refractivity contribution is 0.415. The highest BCUT2D eigenvalue weighted by Gasteiger charge is 2.11. The van der Waals surface area contributed by atoms with Crippen molar-refractivity contribution in [2.75, 3.05) is 12.4 Å². The number of hydrogen-bond donors (Lipinski definition) is 1. The van der Waals surface area contributed by atoms with Gasteiger partial charge in [0.1, 0.15) is 10.8 Å². The summed E-state index contributed by atoms with van der Waals surface area (Å²) in [6, 6.07) is 16.3. The maximum atomic E-state index is 5.16. The van der Waals surface area contributed by atoms with Crippen LogP contribution in [0.1, 0.15) is 18.0 Å². The molecule has 102 valence electrons. The Hall–Kier alpha value is -2.07. The van der Waals surface area contributed by atoms with Crippen molar-refractivity contribution < 1.29 is 4.74 Å². The average molecular weight is 284 g/mol. The number of aromatic nitrogens is 1. The Labute approximate surface area is 122 Å². The van der Waals surface area contributed by atoms with E-state index in [2.05, 4.69) is 29.4 Å². The van der Waals surface area contributed by atoms with Crippen LogP contribution in [0.25, 0.3) is 10.2 Å². The highest BCUT2D eigenvalue weighted by Crippen LogP contribution is 2.28. The summed E-state index contributed by atoms with van der Waals surface area (Å²) in [4.78, 5) is 4.67. The molecular formula is C16H16N2OS. The molecule has 20 heavy (non-hydrogen) atoms. The number of ether oxygens (including phenoxy) is 1. The van der Waals surface area contributed by atoms with Gasteiger partial charge in [0.25, 0.3) is 0 Å². The van der Waals surface area contributed by atoms with Crippen LogP contribution in [0.2, 0.25) is 0 Å². The minimum atomic E-state index is 0.181. The number of nitrogens with one attached hydrogen (secondary N) is 1. The summed E-state index contributed by atoms with van der Waals surface area (Å²) >= 11 is 1.73. The highest BCUT2D eigenvalue weighted by atomic mass is 32.1. The first-order valence-electron chi connectivity index (χ1n) is 6.52. The molecule has 0 radical (unpaired) electrons. The second-order valence-electron chi connectivity index (χ2n) is 4.61. The van der Waals surface area contributed by atoms with Gasteiger partial charge in [-0.3, -0.25) is 0 Å². The molecule has 0 bridgehead atoms. The highest BCUT2D eigenvalue weighted by molar-refractivity contribution is 7.18. The smallest absolute Gasteiger partial charge is 0.119 e. The summed E-state index contributed by atoms with van der Waals surface area (Å²) in [5.74, 6) is 0.864. The standard InChI is InChI=1S/C16H16N2OS/c1-11(17-12-7-9-13(19-2)10-8-12)16-18-14-5-3-4-6-15(14)20-16/h3-11,17H,1-2H3. The first-order chi connectivity index (χ1) is 9.76. The number of para-hydroxylation sites is 1. The molecule has 1 aromatic heterocycles. The number of rotatable bonds is 4. The van der Waals surface area contributed by atoms with Crippen molar-refractivity contribution in [3.8, 4) is 5.75 Å². The van der Waals surface area contributed by atoms with Gasteiger partial charge in [0, 0.05) is 5.69 Å². The van der Waals surface area contributed by atoms with Gasteiger partial charge in [-0.05, 0) is 43.3 Å². The van der Waals surface area contributed by atoms with Gasteiger partial charge >= 0.3 is 0 Å². The lowest BCUT2D eigenvalue weighted by Crippen LogP contribution is -2.05. The predicted molar refractivity (Wildman–Crippen MR) is 84.7 cm³/mol. The number of hydrogen-bond acceptors (Lipinski definition) is 4. The maximum Gasteiger partial charge on any atom is 0.119 e. The molecule has 0 aliphatic carbocycles. The number of benzene rings is 2. The van der Waals surface area contributed by atoms with Gasteiger partial charge in [-0.15, -0.1) is 11.3 Å². The molecule has 0 spiro atoms. The first kappa shape index (κ1) is 12.9. The van der Waals surface area contributed by atoms with Crippen molar-refractivity contribution in [1.82, 2.24) is 4.98 Å². The molecule has 0 aliphatic rings. The van der Waals surface area contributed by atoms with Crippen LogP contribution in [-0.4, -0.2) is 12.1 Å². The largest absolute Gasteiger partial charge is 0.497 e. The summed E-state index contributed by atoms with van der Waals surface area (Å²) < 4.78 is 6.39. The van der Waals surface area contributed by atoms with Crippen molar-refractivity contribution in [2.45, 2.75) is 13.0 Å². The molecule has 4 heteroatoms. The third-order valence-electron chi connectivity index (χ3n) is 3.15. The van der Waals surface area contributed by atoms with Crippen LogP contribution < -0.4 is 10.1 Å². The van der Waals surface area contributed by atoms with E-state index in [9.17, 15) is 0 Å². The molecule has 3 rings (SSSR count). The van der Waals surface area contributed by atoms with E-state index in [0.29, 0.717) is 0 Å². The molecule has 1 heterocycles. The zero-order chi connectivity index (χ0) is 13.9. The summed E-state index contributed by atoms with van der Waals surface area (Å²) in [5.41, 5.74) is 2.13. The minimum absolute atomic E-state index is 0.181. The fourth-order valence-electron chi connectivity index (χ4n) is 2.07. The lowest BCUT2D eigenvalue weighted by atomic mass is 10.2. The third kappa shape index (κ3) is 2.60. The average Bonchev–Trinajstić information content (AvgIpc) is 2.92. The van der Waals surface area contributed by atoms with E-state index >= 15 is 0 Å². The predicted octanol–water partition coefficient (Wildman–Crippen LogP) is 4.48. The van der Waals surface area contributed by atoms with Gasteiger partial charge in [-0.25, -0.2) is 4.98 Å². The van der Waals surface area contributed by atoms with Crippen LogP contribution in [-0.2, 0) is 0 Å². The van der Waals surface area contributed by atoms with E-state index in [0.717, 1.165) is 22.0 Å². The van der Waals surface area contributed by atoms with E-state index in [-0.39, 0.29) is 6.04 Å². The molecule has 0 fully saturated rings. The van der Waals surface area contributed by atoms with Crippen LogP contribution in [0.4, 0.5) is 5.69 Å². The van der Waals surface area contributed by atoms with Crippen molar-refractivity contribution in [3.63, 3.8) is 0 Å². The molecule has 3 nitrogen and oxygen atoms in total. The minimum Gasteiger partial charge on any atom is -0.497 e. The fourth-order valence-corrected chi connectivity index (χ4v) is 3.04. The van der Waals surface area contributed by atoms with Crippen molar-refractivity contribution in [1.29, 1.82) is 0 Å². The van der Waals surface area contributed by atoms with Crippen molar-refractivity contribution >= 4 is 27.2 Å². The number of fused-ring (bicyclic) bond motifs is 1. The van der Waals surface area contributed by atoms with E-state index in [1.807, 2.05) is 36.4 Å². The van der Waals surface area contributed by atoms with Crippen LogP contribution in [0.3, 0.4) is 0 Å². The molecule has 0 aliphatic heterocycles. The van der Waals surface area contributed by atoms with Gasteiger partial charge in [0.15, 0.2) is 0 Å². The van der Waals surface area contributed by atoms with E-state index < -0.39 is 0 Å². The zero-order valence-corrected chi connectivity index (χ0v) is 12.3. The second kappa shape index (κ2) is 5.51. The SMILES string of the molecule is COc1ccc(NC(C)c2nc3ccccc3s2)cc1. The maximum absolute atomic E-state index is 5.16. The molecule has 1 atom stereocenters. The van der Waals surface area contributed by atoms with Gasteiger partial charge < -0.3 is 10.1 Å². The fraction of sp³-hybridized carbons (Fsp3) is 0.188. The van der Waals surface area contributed by atoms with Crippen LogP contribution in [0.15, 0.2) is 48.5 Å². The normalized spacial score (nSPS) is 12.3. The van der Waals surface area contributed by atoms with E-state index in [1.165, 1.54) is 4.70 Å². The topological polar surface area (TPSA) is 34.1 Å². The number of thiazole rings is 1. The molecule has 2 aromatic carbocycles. The molecule has 0 saturated carbocycles. The van der Waals surface area contributed by atoms with Crippen molar-refractivity contribution in [2.24, 2.45) is 0 Å². The Bertz CT molecular complexity index is 673. The van der Waals surface area contributed by atoms with E-state index in [4.69, 9.17) is 4.74 Å². The molecule has 3 aromatic rings. The molecule has 0 amide bonds. The summed E-state index contributed by atoms with van der Waals surface area (Å²) in [7, 11) is 1.67. The quantitative estimate of drug-likeness (QED) is 0.767. The zero-order valence-electron chi connectivity index (χ0n) is 11.5. The van der Waals surface area contributed by atoms with Crippen LogP contribution >= 0.6 is 11.3 Å². The Morgan fingerprint density at radius 1 is 1.10 bits per heavy atom. The van der Waals surface area contributed by atoms with Crippen LogP contribution in [0, 0.1) is 0 Å². The molecule has 1 N–H and O–H groups in total. The van der Waals surface area contributed by atoms with Gasteiger partial charge in [0.05, 0.1) is 23.4 Å². The second-order valence-corrected chi connectivity index (χ2v) is 5.68. The van der Waals surface area contributed by atoms with Gasteiger partial charge in [-0.1, -0.05) is 12.1 Å². The lowest BCUT2D eigenvalue weighted by Gasteiger charge is -2.12. The third-order valence-corrected chi connectivity index (χ3v) is 4.37. The Morgan fingerprint density at radius 3 is 2.55 bits per heavy atom. The summed E-state index contributed by atoms with van der Waals surface area (Å²) in [5, 5.41) is 4.56. The Morgan fingerprint density at radius 2 is 1.85 bits per heavy atom. The van der Waals surface area contributed by atoms with Gasteiger partial charge in [0.2, 0.25) is 0 Å². The number of anilines is 1. The first-order valence-corrected chi connectivity index (χ1v) is 7.34.